The van der Waals surface area contributed by atoms with Gasteiger partial charge in [0.05, 0.1) is 5.92 Å². The van der Waals surface area contributed by atoms with Crippen molar-refractivity contribution in [2.24, 2.45) is 5.92 Å². The van der Waals surface area contributed by atoms with Crippen LogP contribution < -0.4 is 0 Å². The van der Waals surface area contributed by atoms with Gasteiger partial charge < -0.3 is 10.0 Å². The predicted octanol–water partition coefficient (Wildman–Crippen LogP) is 2.30. The van der Waals surface area contributed by atoms with Crippen LogP contribution in [-0.4, -0.2) is 35.0 Å². The van der Waals surface area contributed by atoms with E-state index in [1.54, 1.807) is 17.0 Å². The molecular formula is C13H14BrNO3. The molecule has 1 N–H and O–H groups in total. The Bertz CT molecular complexity index is 501. The molecule has 0 aliphatic carbocycles. The Morgan fingerprint density at radius 3 is 2.72 bits per heavy atom. The zero-order valence-electron chi connectivity index (χ0n) is 10.0. The van der Waals surface area contributed by atoms with Gasteiger partial charge in [0.25, 0.3) is 5.91 Å². The number of likely N-dealkylation sites (tertiary alicyclic amines) is 1. The molecular weight excluding hydrogens is 298 g/mol. The van der Waals surface area contributed by atoms with Crippen LogP contribution in [-0.2, 0) is 4.79 Å². The minimum atomic E-state index is -0.824. The molecule has 0 radical (unpaired) electrons. The first-order chi connectivity index (χ1) is 8.49. The molecule has 0 saturated carbocycles. The van der Waals surface area contributed by atoms with Crippen LogP contribution in [0.5, 0.6) is 0 Å². The number of rotatable bonds is 2. The Kier molecular flexibility index (Phi) is 3.71. The van der Waals surface area contributed by atoms with E-state index in [2.05, 4.69) is 15.9 Å². The molecule has 1 fully saturated rings. The van der Waals surface area contributed by atoms with Crippen molar-refractivity contribution in [2.75, 3.05) is 13.1 Å². The third-order valence-electron chi connectivity index (χ3n) is 3.24. The molecule has 5 heteroatoms. The summed E-state index contributed by atoms with van der Waals surface area (Å²) < 4.78 is 0.891. The topological polar surface area (TPSA) is 57.6 Å². The van der Waals surface area contributed by atoms with Gasteiger partial charge in [0.15, 0.2) is 0 Å². The lowest BCUT2D eigenvalue weighted by atomic mass is 10.1. The van der Waals surface area contributed by atoms with Gasteiger partial charge in [0, 0.05) is 23.1 Å². The molecule has 1 amide bonds. The van der Waals surface area contributed by atoms with Crippen LogP contribution in [0.4, 0.5) is 0 Å². The molecule has 0 unspecified atom stereocenters. The number of carboxylic acid groups (broad SMARTS) is 1. The number of carbonyl (C=O) groups excluding carboxylic acids is 1. The molecule has 1 aliphatic heterocycles. The third-order valence-corrected chi connectivity index (χ3v) is 4.10. The molecule has 1 saturated heterocycles. The molecule has 1 aromatic rings. The Morgan fingerprint density at radius 2 is 2.17 bits per heavy atom. The number of benzene rings is 1. The summed E-state index contributed by atoms with van der Waals surface area (Å²) in [4.78, 5) is 24.7. The fraction of sp³-hybridized carbons (Fsp3) is 0.385. The summed E-state index contributed by atoms with van der Waals surface area (Å²) in [6, 6.07) is 5.43. The normalized spacial score (nSPS) is 19.0. The lowest BCUT2D eigenvalue weighted by Gasteiger charge is -2.16. The van der Waals surface area contributed by atoms with Crippen LogP contribution in [0.1, 0.15) is 22.3 Å². The molecule has 0 bridgehead atoms. The maximum atomic E-state index is 12.2. The number of hydrogen-bond donors (Lipinski definition) is 1. The van der Waals surface area contributed by atoms with Crippen molar-refractivity contribution < 1.29 is 14.7 Å². The third kappa shape index (κ3) is 2.56. The molecule has 18 heavy (non-hydrogen) atoms. The zero-order valence-corrected chi connectivity index (χ0v) is 11.6. The monoisotopic (exact) mass is 311 g/mol. The standard InChI is InChI=1S/C13H14BrNO3/c1-8-2-3-9(6-11(8)14)12(16)15-5-4-10(7-15)13(17)18/h2-3,6,10H,4-5,7H2,1H3,(H,17,18)/t10-/m1/s1. The van der Waals surface area contributed by atoms with E-state index in [1.807, 2.05) is 13.0 Å². The summed E-state index contributed by atoms with van der Waals surface area (Å²) in [6.45, 7) is 2.77. The van der Waals surface area contributed by atoms with Crippen LogP contribution in [0.3, 0.4) is 0 Å². The van der Waals surface area contributed by atoms with Crippen LogP contribution in [0.15, 0.2) is 22.7 Å². The Balaban J connectivity index is 2.12. The van der Waals surface area contributed by atoms with Crippen LogP contribution >= 0.6 is 15.9 Å². The quantitative estimate of drug-likeness (QED) is 0.911. The molecule has 1 aromatic carbocycles. The first kappa shape index (κ1) is 13.1. The fourth-order valence-electron chi connectivity index (χ4n) is 2.05. The van der Waals surface area contributed by atoms with E-state index in [0.717, 1.165) is 10.0 Å². The van der Waals surface area contributed by atoms with Crippen LogP contribution in [0, 0.1) is 12.8 Å². The SMILES string of the molecule is Cc1ccc(C(=O)N2CC[C@@H](C(=O)O)C2)cc1Br. The van der Waals surface area contributed by atoms with E-state index in [1.165, 1.54) is 0 Å². The number of hydrogen-bond acceptors (Lipinski definition) is 2. The van der Waals surface area contributed by atoms with Gasteiger partial charge in [-0.3, -0.25) is 9.59 Å². The maximum absolute atomic E-state index is 12.2. The highest BCUT2D eigenvalue weighted by molar-refractivity contribution is 9.10. The van der Waals surface area contributed by atoms with Gasteiger partial charge in [-0.2, -0.15) is 0 Å². The Morgan fingerprint density at radius 1 is 1.44 bits per heavy atom. The number of halogens is 1. The number of amides is 1. The molecule has 1 heterocycles. The van der Waals surface area contributed by atoms with Gasteiger partial charge in [-0.1, -0.05) is 22.0 Å². The van der Waals surface area contributed by atoms with Crippen molar-refractivity contribution in [3.05, 3.63) is 33.8 Å². The Hall–Kier alpha value is -1.36. The van der Waals surface area contributed by atoms with Crippen LogP contribution in [0.2, 0.25) is 0 Å². The number of aryl methyl sites for hydroxylation is 1. The van der Waals surface area contributed by atoms with E-state index >= 15 is 0 Å². The molecule has 1 atom stereocenters. The molecule has 1 aliphatic rings. The summed E-state index contributed by atoms with van der Waals surface area (Å²) >= 11 is 3.39. The van der Waals surface area contributed by atoms with E-state index in [4.69, 9.17) is 5.11 Å². The minimum Gasteiger partial charge on any atom is -0.481 e. The smallest absolute Gasteiger partial charge is 0.308 e. The van der Waals surface area contributed by atoms with Gasteiger partial charge in [-0.15, -0.1) is 0 Å². The summed E-state index contributed by atoms with van der Waals surface area (Å²) in [7, 11) is 0. The highest BCUT2D eigenvalue weighted by atomic mass is 79.9. The highest BCUT2D eigenvalue weighted by Gasteiger charge is 2.31. The largest absolute Gasteiger partial charge is 0.481 e. The van der Waals surface area contributed by atoms with E-state index in [9.17, 15) is 9.59 Å². The zero-order chi connectivity index (χ0) is 13.3. The van der Waals surface area contributed by atoms with Gasteiger partial charge in [-0.05, 0) is 31.0 Å². The van der Waals surface area contributed by atoms with Gasteiger partial charge in [-0.25, -0.2) is 0 Å². The van der Waals surface area contributed by atoms with Gasteiger partial charge >= 0.3 is 5.97 Å². The minimum absolute atomic E-state index is 0.0977. The molecule has 0 spiro atoms. The Labute approximate surface area is 114 Å². The second kappa shape index (κ2) is 5.10. The van der Waals surface area contributed by atoms with Gasteiger partial charge in [0.2, 0.25) is 0 Å². The predicted molar refractivity (Wildman–Crippen MR) is 70.5 cm³/mol. The second-order valence-corrected chi connectivity index (χ2v) is 5.39. The van der Waals surface area contributed by atoms with Crippen molar-refractivity contribution >= 4 is 27.8 Å². The second-order valence-electron chi connectivity index (χ2n) is 4.54. The molecule has 2 rings (SSSR count). The number of carbonyl (C=O) groups is 2. The first-order valence-electron chi connectivity index (χ1n) is 5.77. The van der Waals surface area contributed by atoms with Crippen molar-refractivity contribution in [1.82, 2.24) is 4.90 Å². The number of carboxylic acids is 1. The highest BCUT2D eigenvalue weighted by Crippen LogP contribution is 2.22. The average molecular weight is 312 g/mol. The summed E-state index contributed by atoms with van der Waals surface area (Å²) in [5.41, 5.74) is 1.66. The van der Waals surface area contributed by atoms with Crippen molar-refractivity contribution in [2.45, 2.75) is 13.3 Å². The number of nitrogens with zero attached hydrogens (tertiary/aromatic N) is 1. The number of aliphatic carboxylic acids is 1. The van der Waals surface area contributed by atoms with E-state index in [-0.39, 0.29) is 5.91 Å². The molecule has 0 aromatic heterocycles. The first-order valence-corrected chi connectivity index (χ1v) is 6.56. The van der Waals surface area contributed by atoms with Crippen molar-refractivity contribution in [3.8, 4) is 0 Å². The van der Waals surface area contributed by atoms with Crippen LogP contribution in [0.25, 0.3) is 0 Å². The summed E-state index contributed by atoms with van der Waals surface area (Å²) in [5, 5.41) is 8.92. The summed E-state index contributed by atoms with van der Waals surface area (Å²) in [6.07, 6.45) is 0.536. The summed E-state index contributed by atoms with van der Waals surface area (Å²) in [5.74, 6) is -1.35. The van der Waals surface area contributed by atoms with Crippen molar-refractivity contribution in [1.29, 1.82) is 0 Å². The van der Waals surface area contributed by atoms with Gasteiger partial charge in [0.1, 0.15) is 0 Å². The molecule has 4 nitrogen and oxygen atoms in total. The maximum Gasteiger partial charge on any atom is 0.308 e. The lowest BCUT2D eigenvalue weighted by Crippen LogP contribution is -2.29. The van der Waals surface area contributed by atoms with E-state index in [0.29, 0.717) is 25.1 Å². The van der Waals surface area contributed by atoms with E-state index < -0.39 is 11.9 Å². The van der Waals surface area contributed by atoms with Crippen molar-refractivity contribution in [3.63, 3.8) is 0 Å². The average Bonchev–Trinajstić information content (AvgIpc) is 2.81. The fourth-order valence-corrected chi connectivity index (χ4v) is 2.43. The lowest BCUT2D eigenvalue weighted by molar-refractivity contribution is -0.141. The molecule has 96 valence electrons.